The summed E-state index contributed by atoms with van der Waals surface area (Å²) in [5.41, 5.74) is 7.95. The number of nitro groups is 1. The maximum atomic E-state index is 13.2. The fourth-order valence-electron chi connectivity index (χ4n) is 3.45. The summed E-state index contributed by atoms with van der Waals surface area (Å²) >= 11 is 1.22. The molecule has 3 aromatic rings. The molecular weight excluding hydrogens is 463 g/mol. The molecule has 4 rings (SSSR count). The molecule has 2 heterocycles. The van der Waals surface area contributed by atoms with Crippen LogP contribution < -0.4 is 15.8 Å². The van der Waals surface area contributed by atoms with Crippen LogP contribution in [0.1, 0.15) is 20.4 Å². The van der Waals surface area contributed by atoms with Crippen LogP contribution in [0.3, 0.4) is 0 Å². The van der Waals surface area contributed by atoms with E-state index < -0.39 is 23.2 Å². The summed E-state index contributed by atoms with van der Waals surface area (Å²) in [4.78, 5) is 35.0. The Bertz CT molecular complexity index is 1260. The van der Waals surface area contributed by atoms with Crippen molar-refractivity contribution in [3.63, 3.8) is 0 Å². The van der Waals surface area contributed by atoms with Gasteiger partial charge in [0, 0.05) is 28.8 Å². The number of nitrogens with zero attached hydrogens (tertiary/aromatic N) is 4. The normalized spacial score (nSPS) is 13.4. The number of methoxy groups -OCH3 is 1. The number of amidine groups is 1. The van der Waals surface area contributed by atoms with Crippen LogP contribution in [-0.2, 0) is 13.0 Å². The van der Waals surface area contributed by atoms with E-state index in [-0.39, 0.29) is 10.8 Å². The van der Waals surface area contributed by atoms with Gasteiger partial charge in [-0.05, 0) is 36.4 Å². The molecule has 1 aliphatic rings. The number of rotatable bonds is 6. The molecule has 2 aromatic carbocycles. The molecule has 34 heavy (non-hydrogen) atoms. The Balaban J connectivity index is 1.53. The highest BCUT2D eigenvalue weighted by molar-refractivity contribution is 7.13. The summed E-state index contributed by atoms with van der Waals surface area (Å²) in [5, 5.41) is 14.3. The lowest BCUT2D eigenvalue weighted by Crippen LogP contribution is -2.39. The standard InChI is InChI=1S/C22H21FN6O4S/c1-33-15-6-7-16(24)18(10-15)26-21(30)22-27-17-8-9-28(11-19(17)34-22)20(12-29(31)32)25-14-4-2-13(23)3-5-14/h2-7,10H,8-9,11-12,24H2,1H3,(H,26,30). The summed E-state index contributed by atoms with van der Waals surface area (Å²) in [6.45, 7) is 0.303. The monoisotopic (exact) mass is 484 g/mol. The quantitative estimate of drug-likeness (QED) is 0.180. The first kappa shape index (κ1) is 23.1. The molecule has 176 valence electrons. The van der Waals surface area contributed by atoms with Crippen molar-refractivity contribution in [3.05, 3.63) is 74.0 Å². The van der Waals surface area contributed by atoms with Gasteiger partial charge >= 0.3 is 0 Å². The van der Waals surface area contributed by atoms with Crippen LogP contribution in [0.5, 0.6) is 5.75 Å². The van der Waals surface area contributed by atoms with Crippen molar-refractivity contribution in [3.8, 4) is 5.75 Å². The zero-order valence-electron chi connectivity index (χ0n) is 18.2. The Kier molecular flexibility index (Phi) is 6.68. The molecular formula is C22H21FN6O4S. The Hall–Kier alpha value is -4.06. The molecule has 1 aliphatic heterocycles. The third-order valence-corrected chi connectivity index (χ3v) is 6.24. The summed E-state index contributed by atoms with van der Waals surface area (Å²) < 4.78 is 18.4. The van der Waals surface area contributed by atoms with Gasteiger partial charge in [0.05, 0.1) is 36.4 Å². The van der Waals surface area contributed by atoms with Crippen LogP contribution in [-0.4, -0.2) is 46.7 Å². The molecule has 10 nitrogen and oxygen atoms in total. The number of nitrogens with two attached hydrogens (primary N) is 1. The van der Waals surface area contributed by atoms with Crippen LogP contribution in [0.4, 0.5) is 21.5 Å². The lowest BCUT2D eigenvalue weighted by Gasteiger charge is -2.27. The van der Waals surface area contributed by atoms with Crippen LogP contribution in [0.15, 0.2) is 47.5 Å². The number of hydrogen-bond acceptors (Lipinski definition) is 8. The van der Waals surface area contributed by atoms with Gasteiger partial charge in [0.1, 0.15) is 11.6 Å². The van der Waals surface area contributed by atoms with E-state index in [2.05, 4.69) is 15.3 Å². The summed E-state index contributed by atoms with van der Waals surface area (Å²) in [5.74, 6) is -0.0110. The molecule has 0 radical (unpaired) electrons. The first-order valence-corrected chi connectivity index (χ1v) is 11.1. The van der Waals surface area contributed by atoms with E-state index >= 15 is 0 Å². The zero-order valence-corrected chi connectivity index (χ0v) is 19.0. The second kappa shape index (κ2) is 9.83. The van der Waals surface area contributed by atoms with Crippen LogP contribution in [0.25, 0.3) is 0 Å². The van der Waals surface area contributed by atoms with Gasteiger partial charge in [-0.2, -0.15) is 0 Å². The van der Waals surface area contributed by atoms with Gasteiger partial charge in [0.2, 0.25) is 0 Å². The van der Waals surface area contributed by atoms with E-state index in [0.717, 1.165) is 10.6 Å². The molecule has 0 saturated heterocycles. The number of carbonyl (C=O) groups is 1. The molecule has 1 aromatic heterocycles. The predicted octanol–water partition coefficient (Wildman–Crippen LogP) is 3.49. The van der Waals surface area contributed by atoms with Crippen molar-refractivity contribution in [2.75, 3.05) is 31.2 Å². The number of fused-ring (bicyclic) bond motifs is 1. The lowest BCUT2D eigenvalue weighted by atomic mass is 10.1. The van der Waals surface area contributed by atoms with Crippen molar-refractivity contribution in [1.82, 2.24) is 9.88 Å². The van der Waals surface area contributed by atoms with E-state index in [4.69, 9.17) is 10.5 Å². The minimum Gasteiger partial charge on any atom is -0.497 e. The molecule has 0 fully saturated rings. The average molecular weight is 485 g/mol. The minimum absolute atomic E-state index is 0.255. The Morgan fingerprint density at radius 1 is 1.35 bits per heavy atom. The molecule has 0 spiro atoms. The molecule has 3 N–H and O–H groups in total. The second-order valence-electron chi connectivity index (χ2n) is 7.46. The topological polar surface area (TPSA) is 136 Å². The maximum absolute atomic E-state index is 13.2. The predicted molar refractivity (Wildman–Crippen MR) is 127 cm³/mol. The van der Waals surface area contributed by atoms with E-state index in [9.17, 15) is 19.3 Å². The highest BCUT2D eigenvalue weighted by atomic mass is 32.1. The van der Waals surface area contributed by atoms with E-state index in [1.807, 2.05) is 0 Å². The number of hydrogen-bond donors (Lipinski definition) is 2. The van der Waals surface area contributed by atoms with Gasteiger partial charge < -0.3 is 20.7 Å². The number of thiazole rings is 1. The number of carbonyl (C=O) groups excluding carboxylic acids is 1. The van der Waals surface area contributed by atoms with Crippen LogP contribution in [0, 0.1) is 15.9 Å². The Morgan fingerprint density at radius 3 is 2.82 bits per heavy atom. The molecule has 0 atom stereocenters. The summed E-state index contributed by atoms with van der Waals surface area (Å²) in [6, 6.07) is 10.4. The highest BCUT2D eigenvalue weighted by Crippen LogP contribution is 2.29. The van der Waals surface area contributed by atoms with Crippen molar-refractivity contribution in [1.29, 1.82) is 0 Å². The molecule has 0 bridgehead atoms. The number of anilines is 2. The average Bonchev–Trinajstić information content (AvgIpc) is 3.25. The van der Waals surface area contributed by atoms with Crippen LogP contribution >= 0.6 is 11.3 Å². The number of nitrogen functional groups attached to an aromatic ring is 1. The van der Waals surface area contributed by atoms with Crippen LogP contribution in [0.2, 0.25) is 0 Å². The first-order valence-electron chi connectivity index (χ1n) is 10.3. The largest absolute Gasteiger partial charge is 0.497 e. The minimum atomic E-state index is -0.478. The van der Waals surface area contributed by atoms with Gasteiger partial charge in [-0.3, -0.25) is 14.9 Å². The van der Waals surface area contributed by atoms with Gasteiger partial charge in [-0.25, -0.2) is 14.4 Å². The van der Waals surface area contributed by atoms with Gasteiger partial charge in [0.25, 0.3) is 12.5 Å². The van der Waals surface area contributed by atoms with Crippen molar-refractivity contribution < 1.29 is 18.8 Å². The van der Waals surface area contributed by atoms with Gasteiger partial charge in [-0.15, -0.1) is 11.3 Å². The zero-order chi connectivity index (χ0) is 24.2. The SMILES string of the molecule is COc1ccc(N)c(NC(=O)c2nc3c(s2)CN(C(C[N+](=O)[O-])=Nc2ccc(F)cc2)CC3)c1. The van der Waals surface area contributed by atoms with E-state index in [0.29, 0.717) is 42.3 Å². The third kappa shape index (κ3) is 5.29. The Labute approximate surface area is 198 Å². The first-order chi connectivity index (χ1) is 16.3. The number of aromatic nitrogens is 1. The number of aliphatic imine (C=N–C) groups is 1. The number of ether oxygens (including phenoxy) is 1. The van der Waals surface area contributed by atoms with E-state index in [1.165, 1.54) is 42.7 Å². The van der Waals surface area contributed by atoms with Gasteiger partial charge in [-0.1, -0.05) is 0 Å². The highest BCUT2D eigenvalue weighted by Gasteiger charge is 2.27. The van der Waals surface area contributed by atoms with Crippen molar-refractivity contribution >= 4 is 40.1 Å². The second-order valence-corrected chi connectivity index (χ2v) is 8.55. The van der Waals surface area contributed by atoms with Gasteiger partial charge in [0.15, 0.2) is 10.8 Å². The van der Waals surface area contributed by atoms with Crippen molar-refractivity contribution in [2.45, 2.75) is 13.0 Å². The molecule has 0 aliphatic carbocycles. The fourth-order valence-corrected chi connectivity index (χ4v) is 4.46. The smallest absolute Gasteiger partial charge is 0.284 e. The summed E-state index contributed by atoms with van der Waals surface area (Å²) in [7, 11) is 1.52. The lowest BCUT2D eigenvalue weighted by molar-refractivity contribution is -0.464. The number of amides is 1. The number of halogens is 1. The molecule has 12 heteroatoms. The fraction of sp³-hybridized carbons (Fsp3) is 0.227. The molecule has 0 saturated carbocycles. The third-order valence-electron chi connectivity index (χ3n) is 5.15. The molecule has 1 amide bonds. The molecule has 0 unspecified atom stereocenters. The maximum Gasteiger partial charge on any atom is 0.284 e. The van der Waals surface area contributed by atoms with Crippen molar-refractivity contribution in [2.24, 2.45) is 4.99 Å². The number of benzene rings is 2. The Morgan fingerprint density at radius 2 is 2.12 bits per heavy atom. The number of nitrogens with one attached hydrogen (secondary N) is 1. The summed E-state index contributed by atoms with van der Waals surface area (Å²) in [6.07, 6.45) is 0.501. The van der Waals surface area contributed by atoms with E-state index in [1.54, 1.807) is 23.1 Å².